The Balaban J connectivity index is 1.74. The third-order valence-corrected chi connectivity index (χ3v) is 7.35. The minimum Gasteiger partial charge on any atom is -0.437 e. The highest BCUT2D eigenvalue weighted by Crippen LogP contribution is 2.31. The molecule has 0 atom stereocenters. The Morgan fingerprint density at radius 2 is 1.70 bits per heavy atom. The van der Waals surface area contributed by atoms with E-state index in [0.717, 1.165) is 31.6 Å². The molecule has 1 aromatic heterocycles. The number of primary sulfonamides is 1. The summed E-state index contributed by atoms with van der Waals surface area (Å²) in [5.74, 6) is 0. The second-order valence-electron chi connectivity index (χ2n) is 8.79. The summed E-state index contributed by atoms with van der Waals surface area (Å²) in [6, 6.07) is 17.8. The molecule has 2 heterocycles. The zero-order chi connectivity index (χ0) is 23.8. The molecule has 1 saturated heterocycles. The van der Waals surface area contributed by atoms with Crippen LogP contribution in [-0.2, 0) is 16.6 Å². The summed E-state index contributed by atoms with van der Waals surface area (Å²) in [7, 11) is -5.49. The zero-order valence-corrected chi connectivity index (χ0v) is 19.8. The summed E-state index contributed by atoms with van der Waals surface area (Å²) in [4.78, 5) is 4.42. The average Bonchev–Trinajstić information content (AvgIpc) is 3.18. The van der Waals surface area contributed by atoms with E-state index in [9.17, 15) is 18.5 Å². The van der Waals surface area contributed by atoms with Gasteiger partial charge in [-0.25, -0.2) is 13.6 Å². The van der Waals surface area contributed by atoms with Crippen molar-refractivity contribution in [1.29, 1.82) is 0 Å². The molecule has 2 aromatic carbocycles. The van der Waals surface area contributed by atoms with Crippen molar-refractivity contribution in [2.24, 2.45) is 5.14 Å². The first-order valence-electron chi connectivity index (χ1n) is 11.2. The molecule has 1 aliphatic rings. The van der Waals surface area contributed by atoms with Gasteiger partial charge >= 0.3 is 14.1 Å². The van der Waals surface area contributed by atoms with E-state index in [1.807, 2.05) is 36.4 Å². The number of rotatable bonds is 7. The van der Waals surface area contributed by atoms with Gasteiger partial charge in [-0.1, -0.05) is 30.3 Å². The van der Waals surface area contributed by atoms with Gasteiger partial charge in [0.2, 0.25) is 0 Å². The van der Waals surface area contributed by atoms with Crippen LogP contribution in [0.15, 0.2) is 59.6 Å². The Morgan fingerprint density at radius 3 is 2.27 bits per heavy atom. The largest absolute Gasteiger partial charge is 0.437 e. The maximum absolute atomic E-state index is 12.1. The lowest BCUT2D eigenvalue weighted by Crippen LogP contribution is -2.49. The number of hydrogen-bond acceptors (Lipinski definition) is 6. The second kappa shape index (κ2) is 9.52. The lowest BCUT2D eigenvalue weighted by Gasteiger charge is -2.40. The van der Waals surface area contributed by atoms with Crippen LogP contribution >= 0.6 is 0 Å². The van der Waals surface area contributed by atoms with Gasteiger partial charge in [-0.3, -0.25) is 0 Å². The molecule has 8 nitrogen and oxygen atoms in total. The van der Waals surface area contributed by atoms with E-state index in [4.69, 9.17) is 5.14 Å². The van der Waals surface area contributed by atoms with Gasteiger partial charge in [0.1, 0.15) is 5.03 Å². The molecule has 1 aliphatic heterocycles. The average molecular weight is 468 g/mol. The van der Waals surface area contributed by atoms with Gasteiger partial charge in [0.15, 0.2) is 0 Å². The van der Waals surface area contributed by atoms with Crippen molar-refractivity contribution in [2.75, 3.05) is 18.0 Å². The van der Waals surface area contributed by atoms with Gasteiger partial charge in [0.25, 0.3) is 10.0 Å². The molecule has 0 unspecified atom stereocenters. The van der Waals surface area contributed by atoms with E-state index >= 15 is 0 Å². The first-order valence-corrected chi connectivity index (χ1v) is 12.8. The van der Waals surface area contributed by atoms with Crippen molar-refractivity contribution in [1.82, 2.24) is 9.29 Å². The van der Waals surface area contributed by atoms with Gasteiger partial charge in [-0.2, -0.15) is 0 Å². The fourth-order valence-corrected chi connectivity index (χ4v) is 5.58. The molecule has 0 amide bonds. The second-order valence-corrected chi connectivity index (χ2v) is 10.3. The van der Waals surface area contributed by atoms with E-state index in [0.29, 0.717) is 17.4 Å². The summed E-state index contributed by atoms with van der Waals surface area (Å²) in [5, 5.41) is 26.2. The number of benzene rings is 2. The fourth-order valence-electron chi connectivity index (χ4n) is 4.76. The highest BCUT2D eigenvalue weighted by molar-refractivity contribution is 7.89. The van der Waals surface area contributed by atoms with Gasteiger partial charge in [-0.05, 0) is 69.4 Å². The summed E-state index contributed by atoms with van der Waals surface area (Å²) in [6.07, 6.45) is 1.82. The molecule has 0 spiro atoms. The van der Waals surface area contributed by atoms with E-state index in [2.05, 4.69) is 21.8 Å². The Bertz CT molecular complexity index is 1210. The lowest BCUT2D eigenvalue weighted by atomic mass is 9.82. The number of fused-ring (bicyclic) bond motifs is 1. The number of aromatic nitrogens is 1. The Labute approximate surface area is 195 Å². The topological polar surface area (TPSA) is 112 Å². The Morgan fingerprint density at radius 1 is 1.03 bits per heavy atom. The van der Waals surface area contributed by atoms with Crippen molar-refractivity contribution in [3.8, 4) is 0 Å². The van der Waals surface area contributed by atoms with E-state index in [1.54, 1.807) is 6.82 Å². The summed E-state index contributed by atoms with van der Waals surface area (Å²) in [6.45, 7) is 5.64. The predicted octanol–water partition coefficient (Wildman–Crippen LogP) is 1.83. The van der Waals surface area contributed by atoms with Crippen LogP contribution < -0.4 is 10.0 Å². The number of nitrogens with zero attached hydrogens (tertiary/aromatic N) is 3. The molecule has 0 bridgehead atoms. The van der Waals surface area contributed by atoms with Crippen molar-refractivity contribution in [3.05, 3.63) is 60.2 Å². The highest BCUT2D eigenvalue weighted by Gasteiger charge is 2.29. The minimum absolute atomic E-state index is 0.107. The lowest BCUT2D eigenvalue weighted by molar-refractivity contribution is 0.281. The van der Waals surface area contributed by atoms with E-state index in [1.165, 1.54) is 22.9 Å². The van der Waals surface area contributed by atoms with Crippen molar-refractivity contribution in [3.63, 3.8) is 0 Å². The maximum atomic E-state index is 12.1. The van der Waals surface area contributed by atoms with Crippen LogP contribution in [0.4, 0.5) is 5.69 Å². The number of nitrogens with two attached hydrogens (primary N) is 1. The van der Waals surface area contributed by atoms with Crippen LogP contribution in [0.3, 0.4) is 0 Å². The van der Waals surface area contributed by atoms with Gasteiger partial charge < -0.3 is 24.2 Å². The smallest absolute Gasteiger partial charge is 0.414 e. The quantitative estimate of drug-likeness (QED) is 0.457. The molecule has 0 saturated carbocycles. The monoisotopic (exact) mass is 468 g/mol. The normalized spacial score (nSPS) is 15.7. The SMILES string of the molecule is CB(O)N1CCC(N(Cc2ccccc2)c2ccc3c(c2)cc(S(N)(=O)=O)n3B(C)O)CC1. The molecule has 4 rings (SSSR count). The first-order chi connectivity index (χ1) is 15.6. The molecule has 3 aromatic rings. The molecule has 33 heavy (non-hydrogen) atoms. The first kappa shape index (κ1) is 23.8. The van der Waals surface area contributed by atoms with E-state index < -0.39 is 24.1 Å². The third kappa shape index (κ3) is 5.12. The number of sulfonamides is 1. The van der Waals surface area contributed by atoms with Gasteiger partial charge in [0, 0.05) is 29.2 Å². The molecule has 11 heteroatoms. The van der Waals surface area contributed by atoms with Crippen LogP contribution in [0, 0.1) is 0 Å². The Hall–Kier alpha value is -2.30. The minimum atomic E-state index is -4.00. The van der Waals surface area contributed by atoms with Crippen LogP contribution in [0.25, 0.3) is 10.9 Å². The molecule has 0 radical (unpaired) electrons. The van der Waals surface area contributed by atoms with Gasteiger partial charge in [-0.15, -0.1) is 0 Å². The van der Waals surface area contributed by atoms with Crippen molar-refractivity contribution < 1.29 is 18.5 Å². The van der Waals surface area contributed by atoms with Crippen molar-refractivity contribution in [2.45, 2.75) is 44.1 Å². The standard InChI is InChI=1S/C22H30B2N4O4S/c1-23(29)26-12-10-19(11-13-26)27(16-17-6-4-3-5-7-17)20-8-9-21-18(14-20)15-22(33(25,31)32)28(21)24(2)30/h3-9,14-15,19,29-30H,10-13,16H2,1-2H3,(H2,25,31,32). The fraction of sp³-hybridized carbons (Fsp3) is 0.364. The van der Waals surface area contributed by atoms with Crippen LogP contribution in [0.2, 0.25) is 13.6 Å². The van der Waals surface area contributed by atoms with Crippen molar-refractivity contribution >= 4 is 40.7 Å². The van der Waals surface area contributed by atoms with Gasteiger partial charge in [0.05, 0.1) is 0 Å². The van der Waals surface area contributed by atoms with E-state index in [-0.39, 0.29) is 11.1 Å². The Kier molecular flexibility index (Phi) is 6.88. The number of piperidine rings is 1. The summed E-state index contributed by atoms with van der Waals surface area (Å²) >= 11 is 0. The van der Waals surface area contributed by atoms with Crippen LogP contribution in [0.5, 0.6) is 0 Å². The molecular formula is C22H30B2N4O4S. The molecule has 0 aliphatic carbocycles. The molecule has 4 N–H and O–H groups in total. The summed E-state index contributed by atoms with van der Waals surface area (Å²) < 4.78 is 25.6. The maximum Gasteiger partial charge on any atom is 0.414 e. The number of hydrogen-bond donors (Lipinski definition) is 3. The molecule has 1 fully saturated rings. The van der Waals surface area contributed by atoms with Crippen LogP contribution in [-0.4, -0.2) is 61.0 Å². The molecular weight excluding hydrogens is 438 g/mol. The highest BCUT2D eigenvalue weighted by atomic mass is 32.2. The predicted molar refractivity (Wildman–Crippen MR) is 134 cm³/mol. The zero-order valence-electron chi connectivity index (χ0n) is 19.0. The molecule has 174 valence electrons. The summed E-state index contributed by atoms with van der Waals surface area (Å²) in [5.41, 5.74) is 2.77. The number of anilines is 1. The third-order valence-electron chi connectivity index (χ3n) is 6.45. The van der Waals surface area contributed by atoms with Crippen LogP contribution in [0.1, 0.15) is 18.4 Å².